The predicted octanol–water partition coefficient (Wildman–Crippen LogP) is 4.79. The first-order chi connectivity index (χ1) is 9.78. The van der Waals surface area contributed by atoms with Gasteiger partial charge in [0.25, 0.3) is 0 Å². The monoisotopic (exact) mass is 291 g/mol. The van der Waals surface area contributed by atoms with Gasteiger partial charge in [-0.25, -0.2) is 0 Å². The van der Waals surface area contributed by atoms with Gasteiger partial charge in [0.1, 0.15) is 0 Å². The molecule has 2 rings (SSSR count). The van der Waals surface area contributed by atoms with Gasteiger partial charge in [0.05, 0.1) is 5.54 Å². The van der Waals surface area contributed by atoms with Crippen LogP contribution in [0.5, 0.6) is 0 Å². The number of hydrogen-bond donors (Lipinski definition) is 0. The fourth-order valence-corrected chi connectivity index (χ4v) is 4.71. The average molecular weight is 291 g/mol. The zero-order chi connectivity index (χ0) is 15.8. The Labute approximate surface area is 131 Å². The Balaban J connectivity index is 2.23. The first kappa shape index (κ1) is 16.6. The van der Waals surface area contributed by atoms with Crippen LogP contribution in [0, 0.1) is 17.3 Å². The molecule has 1 saturated carbocycles. The van der Waals surface area contributed by atoms with Crippen LogP contribution < -0.4 is 0 Å². The molecule has 0 heterocycles. The van der Waals surface area contributed by atoms with E-state index in [1.54, 1.807) is 6.92 Å². The third kappa shape index (κ3) is 2.45. The molecule has 0 spiro atoms. The SMILES string of the molecule is CCCC[C@H](C)N(C(C)=O)[C@]1(C)C=C[C@@]1(C)[C@H]1CCC1C. The van der Waals surface area contributed by atoms with E-state index in [1.807, 2.05) is 0 Å². The predicted molar refractivity (Wildman–Crippen MR) is 89.0 cm³/mol. The van der Waals surface area contributed by atoms with Crippen LogP contribution in [0.1, 0.15) is 73.6 Å². The molecule has 0 N–H and O–H groups in total. The highest BCUT2D eigenvalue weighted by atomic mass is 16.2. The molecule has 0 aromatic heterocycles. The highest BCUT2D eigenvalue weighted by Crippen LogP contribution is 2.59. The maximum Gasteiger partial charge on any atom is 0.220 e. The van der Waals surface area contributed by atoms with E-state index in [9.17, 15) is 4.79 Å². The molecule has 1 amide bonds. The normalized spacial score (nSPS) is 39.3. The van der Waals surface area contributed by atoms with Gasteiger partial charge in [0.15, 0.2) is 0 Å². The van der Waals surface area contributed by atoms with Crippen molar-refractivity contribution in [3.8, 4) is 0 Å². The smallest absolute Gasteiger partial charge is 0.220 e. The van der Waals surface area contributed by atoms with Crippen molar-refractivity contribution >= 4 is 5.91 Å². The van der Waals surface area contributed by atoms with E-state index in [-0.39, 0.29) is 16.9 Å². The van der Waals surface area contributed by atoms with Gasteiger partial charge >= 0.3 is 0 Å². The molecule has 0 radical (unpaired) electrons. The van der Waals surface area contributed by atoms with Gasteiger partial charge in [-0.2, -0.15) is 0 Å². The minimum Gasteiger partial charge on any atom is -0.331 e. The van der Waals surface area contributed by atoms with Crippen LogP contribution in [0.4, 0.5) is 0 Å². The average Bonchev–Trinajstić information content (AvgIpc) is 2.41. The van der Waals surface area contributed by atoms with Gasteiger partial charge in [-0.05, 0) is 38.5 Å². The number of carbonyl (C=O) groups excluding carboxylic acids is 1. The summed E-state index contributed by atoms with van der Waals surface area (Å²) in [7, 11) is 0. The van der Waals surface area contributed by atoms with Crippen molar-refractivity contribution in [2.45, 2.75) is 85.2 Å². The Morgan fingerprint density at radius 1 is 1.33 bits per heavy atom. The summed E-state index contributed by atoms with van der Waals surface area (Å²) >= 11 is 0. The molecule has 1 unspecified atom stereocenters. The summed E-state index contributed by atoms with van der Waals surface area (Å²) in [5.74, 6) is 1.75. The van der Waals surface area contributed by atoms with Crippen molar-refractivity contribution in [2.24, 2.45) is 17.3 Å². The number of unbranched alkanes of at least 4 members (excludes halogenated alkanes) is 1. The first-order valence-corrected chi connectivity index (χ1v) is 8.78. The summed E-state index contributed by atoms with van der Waals surface area (Å²) < 4.78 is 0. The van der Waals surface area contributed by atoms with Crippen LogP contribution in [-0.2, 0) is 4.79 Å². The summed E-state index contributed by atoms with van der Waals surface area (Å²) in [5.41, 5.74) is 0.0438. The van der Waals surface area contributed by atoms with Crippen molar-refractivity contribution < 1.29 is 4.79 Å². The van der Waals surface area contributed by atoms with E-state index >= 15 is 0 Å². The van der Waals surface area contributed by atoms with E-state index in [2.05, 4.69) is 51.7 Å². The van der Waals surface area contributed by atoms with Gasteiger partial charge in [0.2, 0.25) is 5.91 Å². The highest BCUT2D eigenvalue weighted by Gasteiger charge is 2.59. The molecule has 0 aromatic rings. The number of carbonyl (C=O) groups is 1. The van der Waals surface area contributed by atoms with E-state index in [4.69, 9.17) is 0 Å². The fraction of sp³-hybridized carbons (Fsp3) is 0.842. The Morgan fingerprint density at radius 2 is 2.00 bits per heavy atom. The second kappa shape index (κ2) is 5.78. The zero-order valence-corrected chi connectivity index (χ0v) is 14.8. The maximum atomic E-state index is 12.4. The van der Waals surface area contributed by atoms with E-state index < -0.39 is 0 Å². The molecule has 2 nitrogen and oxygen atoms in total. The number of rotatable bonds is 6. The summed E-state index contributed by atoms with van der Waals surface area (Å²) in [6.45, 7) is 13.2. The van der Waals surface area contributed by atoms with Gasteiger partial charge < -0.3 is 4.90 Å². The molecule has 5 atom stereocenters. The Kier molecular flexibility index (Phi) is 4.56. The van der Waals surface area contributed by atoms with Gasteiger partial charge in [0, 0.05) is 18.4 Å². The molecular weight excluding hydrogens is 258 g/mol. The Hall–Kier alpha value is -0.790. The van der Waals surface area contributed by atoms with E-state index in [0.29, 0.717) is 6.04 Å². The minimum absolute atomic E-state index is 0.106. The standard InChI is InChI=1S/C19H33NO/c1-7-8-9-15(3)20(16(4)21)19(6)13-12-18(19,5)17-11-10-14(17)2/h12-15,17H,7-11H2,1-6H3/t14?,15-,17-,18-,19+/m0/s1. The van der Waals surface area contributed by atoms with Crippen LogP contribution in [0.15, 0.2) is 12.2 Å². The summed E-state index contributed by atoms with van der Waals surface area (Å²) in [6, 6.07) is 0.326. The van der Waals surface area contributed by atoms with Crippen molar-refractivity contribution in [3.05, 3.63) is 12.2 Å². The minimum atomic E-state index is -0.106. The van der Waals surface area contributed by atoms with Gasteiger partial charge in [-0.3, -0.25) is 4.79 Å². The molecule has 0 saturated heterocycles. The zero-order valence-electron chi connectivity index (χ0n) is 14.8. The molecule has 1 fully saturated rings. The topological polar surface area (TPSA) is 20.3 Å². The van der Waals surface area contributed by atoms with Gasteiger partial charge in [-0.1, -0.05) is 52.2 Å². The quantitative estimate of drug-likeness (QED) is 0.644. The lowest BCUT2D eigenvalue weighted by Gasteiger charge is -2.63. The molecule has 0 bridgehead atoms. The summed E-state index contributed by atoms with van der Waals surface area (Å²) in [6.07, 6.45) is 10.8. The molecule has 2 aliphatic carbocycles. The van der Waals surface area contributed by atoms with Crippen LogP contribution in [0.2, 0.25) is 0 Å². The molecule has 2 aliphatic rings. The number of hydrogen-bond acceptors (Lipinski definition) is 1. The molecule has 0 aliphatic heterocycles. The molecule has 120 valence electrons. The third-order valence-corrected chi connectivity index (χ3v) is 6.49. The van der Waals surface area contributed by atoms with Crippen molar-refractivity contribution in [2.75, 3.05) is 0 Å². The largest absolute Gasteiger partial charge is 0.331 e. The van der Waals surface area contributed by atoms with Crippen LogP contribution in [0.3, 0.4) is 0 Å². The van der Waals surface area contributed by atoms with Crippen LogP contribution in [0.25, 0.3) is 0 Å². The van der Waals surface area contributed by atoms with E-state index in [1.165, 1.54) is 25.7 Å². The van der Waals surface area contributed by atoms with Crippen LogP contribution >= 0.6 is 0 Å². The van der Waals surface area contributed by atoms with E-state index in [0.717, 1.165) is 18.3 Å². The van der Waals surface area contributed by atoms with Crippen LogP contribution in [-0.4, -0.2) is 22.4 Å². The van der Waals surface area contributed by atoms with Gasteiger partial charge in [-0.15, -0.1) is 0 Å². The first-order valence-electron chi connectivity index (χ1n) is 8.78. The van der Waals surface area contributed by atoms with Crippen molar-refractivity contribution in [1.82, 2.24) is 4.90 Å². The lowest BCUT2D eigenvalue weighted by molar-refractivity contribution is -0.147. The maximum absolute atomic E-state index is 12.4. The summed E-state index contributed by atoms with van der Waals surface area (Å²) in [4.78, 5) is 14.6. The second-order valence-electron chi connectivity index (χ2n) is 7.80. The Bertz CT molecular complexity index is 429. The summed E-state index contributed by atoms with van der Waals surface area (Å²) in [5, 5.41) is 0. The number of nitrogens with zero attached hydrogens (tertiary/aromatic N) is 1. The number of amides is 1. The highest BCUT2D eigenvalue weighted by molar-refractivity contribution is 5.75. The molecular formula is C19H33NO. The fourth-order valence-electron chi connectivity index (χ4n) is 4.71. The third-order valence-electron chi connectivity index (χ3n) is 6.49. The molecule has 21 heavy (non-hydrogen) atoms. The lowest BCUT2D eigenvalue weighted by atomic mass is 9.48. The lowest BCUT2D eigenvalue weighted by Crippen LogP contribution is -2.67. The second-order valence-corrected chi connectivity index (χ2v) is 7.80. The molecule has 2 heteroatoms. The van der Waals surface area contributed by atoms with Crippen molar-refractivity contribution in [1.29, 1.82) is 0 Å². The Morgan fingerprint density at radius 3 is 2.33 bits per heavy atom. The molecule has 0 aromatic carbocycles. The van der Waals surface area contributed by atoms with Crippen molar-refractivity contribution in [3.63, 3.8) is 0 Å².